The number of nitrogens with one attached hydrogen (secondary N) is 1. The number of hydrogen-bond acceptors (Lipinski definition) is 6. The van der Waals surface area contributed by atoms with Gasteiger partial charge in [0.1, 0.15) is 12.4 Å². The topological polar surface area (TPSA) is 81.1 Å². The van der Waals surface area contributed by atoms with Crippen LogP contribution < -0.4 is 15.3 Å². The highest BCUT2D eigenvalue weighted by molar-refractivity contribution is 6.39. The van der Waals surface area contributed by atoms with Crippen molar-refractivity contribution in [3.05, 3.63) is 52.1 Å². The number of amides is 2. The summed E-state index contributed by atoms with van der Waals surface area (Å²) >= 11 is 12.2. The number of nitrogens with zero attached hydrogens (tertiary/aromatic N) is 5. The van der Waals surface area contributed by atoms with Gasteiger partial charge in [-0.15, -0.1) is 0 Å². The summed E-state index contributed by atoms with van der Waals surface area (Å²) < 4.78 is 0. The largest absolute Gasteiger partial charge is 0.352 e. The van der Waals surface area contributed by atoms with Crippen molar-refractivity contribution >= 4 is 52.4 Å². The van der Waals surface area contributed by atoms with Crippen LogP contribution in [-0.4, -0.2) is 60.3 Å². The average molecular weight is 447 g/mol. The number of aromatic nitrogens is 1. The van der Waals surface area contributed by atoms with Crippen molar-refractivity contribution < 1.29 is 9.59 Å². The number of halogens is 2. The Balaban J connectivity index is 1.41. The number of pyridine rings is 1. The van der Waals surface area contributed by atoms with Crippen LogP contribution in [0.5, 0.6) is 0 Å². The second-order valence-electron chi connectivity index (χ2n) is 7.08. The van der Waals surface area contributed by atoms with E-state index in [1.54, 1.807) is 17.2 Å². The van der Waals surface area contributed by atoms with Crippen LogP contribution in [-0.2, 0) is 9.59 Å². The summed E-state index contributed by atoms with van der Waals surface area (Å²) in [6, 6.07) is 9.13. The highest BCUT2D eigenvalue weighted by Crippen LogP contribution is 2.26. The molecule has 10 heteroatoms. The monoisotopic (exact) mass is 446 g/mol. The predicted octanol–water partition coefficient (Wildman–Crippen LogP) is 2.30. The van der Waals surface area contributed by atoms with Gasteiger partial charge in [-0.05, 0) is 25.1 Å². The third-order valence-corrected chi connectivity index (χ3v) is 5.47. The summed E-state index contributed by atoms with van der Waals surface area (Å²) in [6.45, 7) is 4.02. The van der Waals surface area contributed by atoms with Crippen LogP contribution in [0.3, 0.4) is 0 Å². The summed E-state index contributed by atoms with van der Waals surface area (Å²) in [5.74, 6) is 0.349. The number of hydrazine groups is 1. The highest BCUT2D eigenvalue weighted by atomic mass is 35.5. The molecule has 1 aromatic carbocycles. The molecule has 4 rings (SSSR count). The molecule has 0 radical (unpaired) electrons. The maximum atomic E-state index is 13.0. The van der Waals surface area contributed by atoms with Crippen LogP contribution in [0.15, 0.2) is 41.5 Å². The summed E-state index contributed by atoms with van der Waals surface area (Å²) in [5.41, 5.74) is 4.63. The lowest BCUT2D eigenvalue weighted by molar-refractivity contribution is -0.124. The number of piperazine rings is 1. The second kappa shape index (κ2) is 8.49. The molecule has 8 nitrogen and oxygen atoms in total. The zero-order valence-electron chi connectivity index (χ0n) is 16.3. The molecule has 3 heterocycles. The summed E-state index contributed by atoms with van der Waals surface area (Å²) in [5, 5.41) is 2.33. The van der Waals surface area contributed by atoms with Gasteiger partial charge in [0.15, 0.2) is 0 Å². The smallest absolute Gasteiger partial charge is 0.290 e. The Morgan fingerprint density at radius 3 is 2.47 bits per heavy atom. The van der Waals surface area contributed by atoms with Gasteiger partial charge in [-0.3, -0.25) is 20.0 Å². The third-order valence-electron chi connectivity index (χ3n) is 4.99. The minimum Gasteiger partial charge on any atom is -0.352 e. The van der Waals surface area contributed by atoms with Crippen molar-refractivity contribution in [2.45, 2.75) is 6.92 Å². The van der Waals surface area contributed by atoms with E-state index in [1.807, 2.05) is 36.1 Å². The van der Waals surface area contributed by atoms with Gasteiger partial charge in [0, 0.05) is 32.4 Å². The van der Waals surface area contributed by atoms with Gasteiger partial charge in [-0.1, -0.05) is 40.9 Å². The molecule has 0 aliphatic carbocycles. The average Bonchev–Trinajstić information content (AvgIpc) is 2.75. The Kier molecular flexibility index (Phi) is 5.78. The van der Waals surface area contributed by atoms with Crippen molar-refractivity contribution in [1.29, 1.82) is 0 Å². The fourth-order valence-corrected chi connectivity index (χ4v) is 3.85. The Hall–Kier alpha value is -2.84. The van der Waals surface area contributed by atoms with Gasteiger partial charge in [-0.25, -0.2) is 9.99 Å². The van der Waals surface area contributed by atoms with Crippen molar-refractivity contribution in [2.24, 2.45) is 4.99 Å². The summed E-state index contributed by atoms with van der Waals surface area (Å²) in [4.78, 5) is 37.4. The van der Waals surface area contributed by atoms with E-state index in [0.717, 1.165) is 5.56 Å². The molecule has 1 saturated heterocycles. The number of aliphatic imine (C=N–C) groups is 1. The molecule has 2 aliphatic rings. The first kappa shape index (κ1) is 20.4. The zero-order valence-corrected chi connectivity index (χ0v) is 17.8. The number of amidine groups is 1. The number of anilines is 2. The first-order valence-electron chi connectivity index (χ1n) is 9.48. The Labute approximate surface area is 184 Å². The van der Waals surface area contributed by atoms with Crippen LogP contribution in [0, 0.1) is 6.92 Å². The van der Waals surface area contributed by atoms with Gasteiger partial charge in [-0.2, -0.15) is 0 Å². The normalized spacial score (nSPS) is 17.0. The van der Waals surface area contributed by atoms with Gasteiger partial charge >= 0.3 is 0 Å². The van der Waals surface area contributed by atoms with Gasteiger partial charge in [0.25, 0.3) is 11.8 Å². The first-order valence-corrected chi connectivity index (χ1v) is 10.2. The van der Waals surface area contributed by atoms with E-state index < -0.39 is 0 Å². The molecular weight excluding hydrogens is 427 g/mol. The van der Waals surface area contributed by atoms with E-state index in [9.17, 15) is 9.59 Å². The predicted molar refractivity (Wildman–Crippen MR) is 117 cm³/mol. The van der Waals surface area contributed by atoms with E-state index in [4.69, 9.17) is 23.2 Å². The SMILES string of the molecule is Cc1ccc(N2NC(C(=O)N3CCN(c4ncc(Cl)cc4Cl)CC3)=NCC2=O)cc1. The van der Waals surface area contributed by atoms with Crippen LogP contribution in [0.2, 0.25) is 10.0 Å². The van der Waals surface area contributed by atoms with Crippen LogP contribution >= 0.6 is 23.2 Å². The number of carbonyl (C=O) groups excluding carboxylic acids is 2. The Morgan fingerprint density at radius 2 is 1.80 bits per heavy atom. The van der Waals surface area contributed by atoms with E-state index in [1.165, 1.54) is 5.01 Å². The third kappa shape index (κ3) is 4.20. The molecule has 0 atom stereocenters. The number of carbonyl (C=O) groups is 2. The Morgan fingerprint density at radius 1 is 1.10 bits per heavy atom. The minimum absolute atomic E-state index is 0.0772. The highest BCUT2D eigenvalue weighted by Gasteiger charge is 2.30. The number of hydrogen-bond donors (Lipinski definition) is 1. The second-order valence-corrected chi connectivity index (χ2v) is 7.92. The quantitative estimate of drug-likeness (QED) is 0.781. The minimum atomic E-state index is -0.241. The lowest BCUT2D eigenvalue weighted by Gasteiger charge is -2.37. The van der Waals surface area contributed by atoms with Gasteiger partial charge in [0.05, 0.1) is 15.7 Å². The molecule has 1 aromatic heterocycles. The standard InChI is InChI=1S/C20H20Cl2N6O2/c1-13-2-4-15(5-3-13)28-17(29)12-23-18(25-28)20(30)27-8-6-26(7-9-27)19-16(22)10-14(21)11-24-19/h2-5,10-11H,6-9,12H2,1H3,(H,23,25). The van der Waals surface area contributed by atoms with E-state index in [2.05, 4.69) is 15.4 Å². The maximum absolute atomic E-state index is 13.0. The molecule has 0 spiro atoms. The number of rotatable bonds is 3. The van der Waals surface area contributed by atoms with E-state index in [0.29, 0.717) is 47.7 Å². The van der Waals surface area contributed by atoms with Crippen molar-refractivity contribution in [3.63, 3.8) is 0 Å². The van der Waals surface area contributed by atoms with Gasteiger partial charge < -0.3 is 9.80 Å². The van der Waals surface area contributed by atoms with E-state index in [-0.39, 0.29) is 24.2 Å². The molecule has 30 heavy (non-hydrogen) atoms. The number of benzene rings is 1. The lowest BCUT2D eigenvalue weighted by Crippen LogP contribution is -2.59. The molecule has 2 aromatic rings. The summed E-state index contributed by atoms with van der Waals surface area (Å²) in [7, 11) is 0. The molecular formula is C20H20Cl2N6O2. The maximum Gasteiger partial charge on any atom is 0.290 e. The molecule has 0 saturated carbocycles. The van der Waals surface area contributed by atoms with Crippen molar-refractivity contribution in [1.82, 2.24) is 15.3 Å². The van der Waals surface area contributed by atoms with E-state index >= 15 is 0 Å². The summed E-state index contributed by atoms with van der Waals surface area (Å²) in [6.07, 6.45) is 1.55. The van der Waals surface area contributed by atoms with Crippen LogP contribution in [0.4, 0.5) is 11.5 Å². The van der Waals surface area contributed by atoms with Crippen LogP contribution in [0.25, 0.3) is 0 Å². The molecule has 1 fully saturated rings. The molecule has 0 bridgehead atoms. The lowest BCUT2D eigenvalue weighted by atomic mass is 10.2. The fraction of sp³-hybridized carbons (Fsp3) is 0.300. The molecule has 156 valence electrons. The molecule has 2 amide bonds. The first-order chi connectivity index (χ1) is 14.4. The van der Waals surface area contributed by atoms with Crippen molar-refractivity contribution in [3.8, 4) is 0 Å². The van der Waals surface area contributed by atoms with Crippen molar-refractivity contribution in [2.75, 3.05) is 42.6 Å². The molecule has 2 aliphatic heterocycles. The van der Waals surface area contributed by atoms with Crippen LogP contribution in [0.1, 0.15) is 5.56 Å². The fourth-order valence-electron chi connectivity index (χ4n) is 3.35. The molecule has 0 unspecified atom stereocenters. The Bertz CT molecular complexity index is 1000. The van der Waals surface area contributed by atoms with Gasteiger partial charge in [0.2, 0.25) is 5.84 Å². The molecule has 1 N–H and O–H groups in total. The number of aryl methyl sites for hydroxylation is 1. The zero-order chi connectivity index (χ0) is 21.3.